The van der Waals surface area contributed by atoms with Crippen LogP contribution in [0.5, 0.6) is 0 Å². The molecule has 0 aromatic carbocycles. The molecule has 0 saturated carbocycles. The van der Waals surface area contributed by atoms with Gasteiger partial charge in [0, 0.05) is 19.6 Å². The van der Waals surface area contributed by atoms with E-state index in [0.29, 0.717) is 18.4 Å². The van der Waals surface area contributed by atoms with E-state index in [1.54, 1.807) is 0 Å². The summed E-state index contributed by atoms with van der Waals surface area (Å²) in [5.74, 6) is 2.01. The van der Waals surface area contributed by atoms with E-state index in [9.17, 15) is 0 Å². The molecule has 2 rings (SSSR count). The molecule has 96 valence electrons. The highest BCUT2D eigenvalue weighted by Gasteiger charge is 2.23. The Labute approximate surface area is 102 Å². The van der Waals surface area contributed by atoms with E-state index < -0.39 is 0 Å². The molecule has 2 heterocycles. The maximum atomic E-state index is 5.75. The molecule has 0 bridgehead atoms. The molecule has 1 fully saturated rings. The van der Waals surface area contributed by atoms with E-state index in [2.05, 4.69) is 28.9 Å². The molecule has 1 aliphatic heterocycles. The van der Waals surface area contributed by atoms with Crippen molar-refractivity contribution in [2.75, 3.05) is 24.5 Å². The molecule has 1 saturated heterocycles. The van der Waals surface area contributed by atoms with Gasteiger partial charge in [0.2, 0.25) is 5.89 Å². The van der Waals surface area contributed by atoms with Crippen molar-refractivity contribution < 1.29 is 4.52 Å². The predicted octanol–water partition coefficient (Wildman–Crippen LogP) is 1.76. The zero-order valence-corrected chi connectivity index (χ0v) is 10.7. The maximum Gasteiger partial charge on any atom is 0.266 e. The first-order chi connectivity index (χ1) is 8.22. The van der Waals surface area contributed by atoms with E-state index >= 15 is 0 Å². The van der Waals surface area contributed by atoms with Crippen molar-refractivity contribution in [1.29, 1.82) is 0 Å². The Morgan fingerprint density at radius 1 is 1.29 bits per heavy atom. The first-order valence-electron chi connectivity index (χ1n) is 6.51. The molecule has 1 atom stereocenters. The van der Waals surface area contributed by atoms with E-state index in [0.717, 1.165) is 19.0 Å². The van der Waals surface area contributed by atoms with Gasteiger partial charge in [0.1, 0.15) is 0 Å². The van der Waals surface area contributed by atoms with Gasteiger partial charge < -0.3 is 15.2 Å². The lowest BCUT2D eigenvalue weighted by Crippen LogP contribution is -2.30. The third-order valence-corrected chi connectivity index (χ3v) is 3.45. The summed E-state index contributed by atoms with van der Waals surface area (Å²) < 4.78 is 5.35. The zero-order valence-electron chi connectivity index (χ0n) is 10.7. The van der Waals surface area contributed by atoms with Crippen molar-refractivity contribution in [2.24, 2.45) is 11.7 Å². The lowest BCUT2D eigenvalue weighted by atomic mass is 9.96. The van der Waals surface area contributed by atoms with Gasteiger partial charge in [0.15, 0.2) is 0 Å². The molecule has 2 N–H and O–H groups in total. The molecule has 5 heteroatoms. The summed E-state index contributed by atoms with van der Waals surface area (Å²) in [6.07, 6.45) is 3.74. The molecule has 1 unspecified atom stereocenters. The van der Waals surface area contributed by atoms with Crippen molar-refractivity contribution >= 4 is 5.95 Å². The molecule has 5 nitrogen and oxygen atoms in total. The van der Waals surface area contributed by atoms with Gasteiger partial charge in [-0.2, -0.15) is 4.98 Å². The maximum absolute atomic E-state index is 5.75. The molecule has 17 heavy (non-hydrogen) atoms. The fourth-order valence-corrected chi connectivity index (χ4v) is 2.26. The number of hydrogen-bond donors (Lipinski definition) is 1. The Bertz CT molecular complexity index is 344. The van der Waals surface area contributed by atoms with Crippen LogP contribution >= 0.6 is 0 Å². The minimum Gasteiger partial charge on any atom is -0.338 e. The summed E-state index contributed by atoms with van der Waals surface area (Å²) in [7, 11) is 0. The fraction of sp³-hybridized carbons (Fsp3) is 0.833. The van der Waals surface area contributed by atoms with Gasteiger partial charge in [0.05, 0.1) is 5.92 Å². The normalized spacial score (nSPS) is 18.7. The number of anilines is 1. The number of rotatable bonds is 4. The highest BCUT2D eigenvalue weighted by Crippen LogP contribution is 2.24. The van der Waals surface area contributed by atoms with E-state index in [1.165, 1.54) is 19.3 Å². The van der Waals surface area contributed by atoms with Crippen LogP contribution in [0.3, 0.4) is 0 Å². The highest BCUT2D eigenvalue weighted by molar-refractivity contribution is 5.28. The van der Waals surface area contributed by atoms with Gasteiger partial charge in [0.25, 0.3) is 5.95 Å². The average molecular weight is 238 g/mol. The standard InChI is InChI=1S/C12H22N4O/c1-9(2)10(8-13)11-14-12(15-17-11)16-6-4-3-5-7-16/h9-10H,3-8,13H2,1-2H3. The lowest BCUT2D eigenvalue weighted by Gasteiger charge is -2.24. The molecular formula is C12H22N4O. The minimum atomic E-state index is 0.168. The molecule has 0 radical (unpaired) electrons. The molecular weight excluding hydrogens is 216 g/mol. The second-order valence-electron chi connectivity index (χ2n) is 5.07. The van der Waals surface area contributed by atoms with Crippen molar-refractivity contribution in [1.82, 2.24) is 10.1 Å². The topological polar surface area (TPSA) is 68.2 Å². The van der Waals surface area contributed by atoms with Crippen LogP contribution in [-0.2, 0) is 0 Å². The van der Waals surface area contributed by atoms with E-state index in [1.807, 2.05) is 0 Å². The summed E-state index contributed by atoms with van der Waals surface area (Å²) >= 11 is 0. The second-order valence-corrected chi connectivity index (χ2v) is 5.07. The van der Waals surface area contributed by atoms with Crippen LogP contribution in [0.2, 0.25) is 0 Å². The minimum absolute atomic E-state index is 0.168. The third-order valence-electron chi connectivity index (χ3n) is 3.45. The van der Waals surface area contributed by atoms with Crippen molar-refractivity contribution in [3.8, 4) is 0 Å². The summed E-state index contributed by atoms with van der Waals surface area (Å²) in [4.78, 5) is 6.69. The third kappa shape index (κ3) is 2.77. The zero-order chi connectivity index (χ0) is 12.3. The molecule has 0 amide bonds. The monoisotopic (exact) mass is 238 g/mol. The quantitative estimate of drug-likeness (QED) is 0.865. The SMILES string of the molecule is CC(C)C(CN)c1nc(N2CCCCC2)no1. The first-order valence-corrected chi connectivity index (χ1v) is 6.51. The summed E-state index contributed by atoms with van der Waals surface area (Å²) in [5, 5.41) is 4.08. The van der Waals surface area contributed by atoms with Gasteiger partial charge in [-0.15, -0.1) is 0 Å². The molecule has 0 spiro atoms. The highest BCUT2D eigenvalue weighted by atomic mass is 16.5. The predicted molar refractivity (Wildman–Crippen MR) is 67.0 cm³/mol. The number of nitrogens with two attached hydrogens (primary N) is 1. The van der Waals surface area contributed by atoms with Crippen LogP contribution in [0, 0.1) is 5.92 Å². The Balaban J connectivity index is 2.08. The van der Waals surface area contributed by atoms with Crippen LogP contribution in [0.4, 0.5) is 5.95 Å². The molecule has 0 aliphatic carbocycles. The van der Waals surface area contributed by atoms with Crippen LogP contribution in [0.1, 0.15) is 44.9 Å². The van der Waals surface area contributed by atoms with Crippen LogP contribution in [-0.4, -0.2) is 29.8 Å². The number of piperidine rings is 1. The van der Waals surface area contributed by atoms with Crippen molar-refractivity contribution in [3.63, 3.8) is 0 Å². The van der Waals surface area contributed by atoms with Gasteiger partial charge in [-0.05, 0) is 30.3 Å². The Kier molecular flexibility index (Phi) is 3.99. The number of hydrogen-bond acceptors (Lipinski definition) is 5. The second kappa shape index (κ2) is 5.49. The first kappa shape index (κ1) is 12.4. The fourth-order valence-electron chi connectivity index (χ4n) is 2.26. The van der Waals surface area contributed by atoms with Crippen LogP contribution < -0.4 is 10.6 Å². The number of nitrogens with zero attached hydrogens (tertiary/aromatic N) is 3. The van der Waals surface area contributed by atoms with Crippen molar-refractivity contribution in [3.05, 3.63) is 5.89 Å². The van der Waals surface area contributed by atoms with E-state index in [-0.39, 0.29) is 5.92 Å². The Morgan fingerprint density at radius 3 is 2.59 bits per heavy atom. The Hall–Kier alpha value is -1.10. The van der Waals surface area contributed by atoms with Gasteiger partial charge >= 0.3 is 0 Å². The Morgan fingerprint density at radius 2 is 2.00 bits per heavy atom. The smallest absolute Gasteiger partial charge is 0.266 e. The van der Waals surface area contributed by atoms with Crippen LogP contribution in [0.25, 0.3) is 0 Å². The average Bonchev–Trinajstić information content (AvgIpc) is 2.80. The van der Waals surface area contributed by atoms with E-state index in [4.69, 9.17) is 10.3 Å². The largest absolute Gasteiger partial charge is 0.338 e. The van der Waals surface area contributed by atoms with Gasteiger partial charge in [-0.1, -0.05) is 13.8 Å². The van der Waals surface area contributed by atoms with Crippen molar-refractivity contribution in [2.45, 2.75) is 39.0 Å². The summed E-state index contributed by atoms with van der Waals surface area (Å²) in [6.45, 7) is 6.88. The summed E-state index contributed by atoms with van der Waals surface area (Å²) in [6, 6.07) is 0. The lowest BCUT2D eigenvalue weighted by molar-refractivity contribution is 0.323. The van der Waals surface area contributed by atoms with Gasteiger partial charge in [-0.3, -0.25) is 0 Å². The molecule has 1 aromatic heterocycles. The molecule has 1 aromatic rings. The van der Waals surface area contributed by atoms with Crippen LogP contribution in [0.15, 0.2) is 4.52 Å². The van der Waals surface area contributed by atoms with Gasteiger partial charge in [-0.25, -0.2) is 0 Å². The molecule has 1 aliphatic rings. The summed E-state index contributed by atoms with van der Waals surface area (Å²) in [5.41, 5.74) is 5.75. The number of aromatic nitrogens is 2.